The van der Waals surface area contributed by atoms with E-state index in [0.717, 1.165) is 65.8 Å². The van der Waals surface area contributed by atoms with Crippen LogP contribution in [0.3, 0.4) is 0 Å². The van der Waals surface area contributed by atoms with E-state index in [0.29, 0.717) is 22.6 Å². The lowest BCUT2D eigenvalue weighted by Gasteiger charge is -2.24. The highest BCUT2D eigenvalue weighted by atomic mass is 35.5. The fourth-order valence-electron chi connectivity index (χ4n) is 7.92. The number of fused-ring (bicyclic) bond motifs is 7. The molecular formula is C45H28ClN5. The zero-order valence-electron chi connectivity index (χ0n) is 27.6. The van der Waals surface area contributed by atoms with Gasteiger partial charge in [-0.15, -0.1) is 0 Å². The van der Waals surface area contributed by atoms with Crippen LogP contribution in [-0.4, -0.2) is 13.7 Å². The second-order valence-electron chi connectivity index (χ2n) is 12.4. The summed E-state index contributed by atoms with van der Waals surface area (Å²) in [7, 11) is 0. The number of hydrogen-bond acceptors (Lipinski definition) is 2. The minimum Gasteiger partial charge on any atom is -0.306 e. The van der Waals surface area contributed by atoms with E-state index in [-0.39, 0.29) is 10.6 Å². The summed E-state index contributed by atoms with van der Waals surface area (Å²) in [6, 6.07) is 45.8. The molecule has 0 amide bonds. The maximum Gasteiger partial charge on any atom is 0.104 e. The predicted molar refractivity (Wildman–Crippen MR) is 211 cm³/mol. The van der Waals surface area contributed by atoms with Gasteiger partial charge in [-0.1, -0.05) is 121 Å². The summed E-state index contributed by atoms with van der Waals surface area (Å²) in [5.74, 6) is 0. The van der Waals surface area contributed by atoms with Gasteiger partial charge < -0.3 is 13.7 Å². The van der Waals surface area contributed by atoms with Crippen LogP contribution in [0.5, 0.6) is 0 Å². The molecule has 0 unspecified atom stereocenters. The molecule has 6 heteroatoms. The van der Waals surface area contributed by atoms with Crippen LogP contribution in [0.1, 0.15) is 29.3 Å². The Morgan fingerprint density at radius 2 is 0.902 bits per heavy atom. The highest BCUT2D eigenvalue weighted by molar-refractivity contribution is 6.35. The molecule has 0 saturated heterocycles. The summed E-state index contributed by atoms with van der Waals surface area (Å²) in [6.07, 6.45) is 5.88. The van der Waals surface area contributed by atoms with E-state index < -0.39 is 0 Å². The Hall–Kier alpha value is -6.79. The highest BCUT2D eigenvalue weighted by Gasteiger charge is 2.32. The Bertz CT molecular complexity index is 2940. The first-order valence-electron chi connectivity index (χ1n) is 16.7. The minimum absolute atomic E-state index is 0.203. The van der Waals surface area contributed by atoms with Crippen molar-refractivity contribution in [2.75, 3.05) is 0 Å². The van der Waals surface area contributed by atoms with Crippen molar-refractivity contribution in [2.24, 2.45) is 0 Å². The Balaban J connectivity index is 1.60. The topological polar surface area (TPSA) is 62.4 Å². The number of para-hydroxylation sites is 5. The second kappa shape index (κ2) is 11.7. The lowest BCUT2D eigenvalue weighted by atomic mass is 10.0. The Morgan fingerprint density at radius 3 is 1.31 bits per heavy atom. The zero-order valence-corrected chi connectivity index (χ0v) is 28.4. The summed E-state index contributed by atoms with van der Waals surface area (Å²) in [4.78, 5) is 0. The molecule has 240 valence electrons. The van der Waals surface area contributed by atoms with Gasteiger partial charge in [0.2, 0.25) is 0 Å². The van der Waals surface area contributed by atoms with Crippen LogP contribution < -0.4 is 0 Å². The molecule has 6 aromatic carbocycles. The average molecular weight is 674 g/mol. The molecule has 3 heterocycles. The smallest absolute Gasteiger partial charge is 0.104 e. The van der Waals surface area contributed by atoms with Crippen LogP contribution in [0, 0.1) is 22.7 Å². The van der Waals surface area contributed by atoms with Crippen molar-refractivity contribution in [1.29, 1.82) is 10.5 Å². The minimum atomic E-state index is 0.203. The molecule has 5 nitrogen and oxygen atoms in total. The van der Waals surface area contributed by atoms with Crippen molar-refractivity contribution < 1.29 is 0 Å². The Kier molecular flexibility index (Phi) is 6.93. The SMILES string of the molecule is C=Cc1c(/C=C\C)n(-c2c(C#N)c(-n3c4ccccc4c4ccccc43)c(Cl)c(C#N)c2-n2c3ccccc3c3ccccc32)c2ccccc12. The van der Waals surface area contributed by atoms with Crippen molar-refractivity contribution in [2.45, 2.75) is 6.92 Å². The van der Waals surface area contributed by atoms with Gasteiger partial charge in [-0.2, -0.15) is 10.5 Å². The molecular weight excluding hydrogens is 646 g/mol. The van der Waals surface area contributed by atoms with Gasteiger partial charge in [0.25, 0.3) is 0 Å². The Labute approximate surface area is 299 Å². The fourth-order valence-corrected chi connectivity index (χ4v) is 8.23. The molecule has 51 heavy (non-hydrogen) atoms. The first-order valence-corrected chi connectivity index (χ1v) is 17.1. The molecule has 0 atom stereocenters. The van der Waals surface area contributed by atoms with Crippen LogP contribution in [0.4, 0.5) is 0 Å². The Morgan fingerprint density at radius 1 is 0.529 bits per heavy atom. The van der Waals surface area contributed by atoms with Gasteiger partial charge in [0, 0.05) is 32.5 Å². The molecule has 0 saturated carbocycles. The molecule has 3 aromatic heterocycles. The molecule has 0 spiro atoms. The van der Waals surface area contributed by atoms with Crippen LogP contribution in [0.2, 0.25) is 5.02 Å². The predicted octanol–water partition coefficient (Wildman–Crippen LogP) is 11.9. The van der Waals surface area contributed by atoms with Crippen LogP contribution in [-0.2, 0) is 0 Å². The summed E-state index contributed by atoms with van der Waals surface area (Å²) in [6.45, 7) is 6.18. The van der Waals surface area contributed by atoms with Crippen molar-refractivity contribution >= 4 is 78.3 Å². The van der Waals surface area contributed by atoms with E-state index in [1.54, 1.807) is 0 Å². The number of benzene rings is 6. The van der Waals surface area contributed by atoms with Crippen molar-refractivity contribution in [3.8, 4) is 29.2 Å². The van der Waals surface area contributed by atoms with Crippen LogP contribution in [0.25, 0.3) is 83.7 Å². The number of nitrogens with zero attached hydrogens (tertiary/aromatic N) is 5. The van der Waals surface area contributed by atoms with Gasteiger partial charge in [-0.05, 0) is 43.3 Å². The van der Waals surface area contributed by atoms with E-state index in [1.165, 1.54) is 0 Å². The van der Waals surface area contributed by atoms with E-state index in [4.69, 9.17) is 11.6 Å². The molecule has 0 aliphatic heterocycles. The number of aromatic nitrogens is 3. The molecule has 9 aromatic rings. The maximum atomic E-state index is 11.5. The standard InChI is InChI=1S/C45H28ClN5/c1-3-15-36-28(4-2)29-16-5-10-21-37(29)50(36)45-35(27-48)43(49-38-22-11-6-17-30(38)31-18-7-12-23-39(31)49)42(46)34(26-47)44(45)51-40-24-13-8-19-32(40)33-20-9-14-25-41(33)51/h3-25H,2H2,1H3/b15-3-. The third kappa shape index (κ3) is 4.14. The fraction of sp³-hybridized carbons (Fsp3) is 0.0222. The number of hydrogen-bond donors (Lipinski definition) is 0. The number of halogens is 1. The van der Waals surface area contributed by atoms with Crippen LogP contribution in [0.15, 0.2) is 134 Å². The highest BCUT2D eigenvalue weighted by Crippen LogP contribution is 2.46. The van der Waals surface area contributed by atoms with E-state index in [9.17, 15) is 10.5 Å². The molecule has 0 bridgehead atoms. The first kappa shape index (κ1) is 30.3. The molecule has 0 radical (unpaired) electrons. The van der Waals surface area contributed by atoms with Crippen molar-refractivity contribution in [3.05, 3.63) is 161 Å². The molecule has 0 N–H and O–H groups in total. The van der Waals surface area contributed by atoms with Gasteiger partial charge in [0.05, 0.1) is 60.9 Å². The summed E-state index contributed by atoms with van der Waals surface area (Å²) in [5.41, 5.74) is 8.34. The van der Waals surface area contributed by atoms with Gasteiger partial charge in [-0.25, -0.2) is 0 Å². The summed E-state index contributed by atoms with van der Waals surface area (Å²) >= 11 is 7.57. The summed E-state index contributed by atoms with van der Waals surface area (Å²) < 4.78 is 6.25. The number of nitriles is 2. The zero-order chi connectivity index (χ0) is 34.8. The van der Waals surface area contributed by atoms with Crippen molar-refractivity contribution in [3.63, 3.8) is 0 Å². The molecule has 0 aliphatic rings. The normalized spacial score (nSPS) is 11.7. The monoisotopic (exact) mass is 673 g/mol. The van der Waals surface area contributed by atoms with Gasteiger partial charge in [0.1, 0.15) is 17.7 Å². The lowest BCUT2D eigenvalue weighted by Crippen LogP contribution is -2.14. The van der Waals surface area contributed by atoms with Crippen molar-refractivity contribution in [1.82, 2.24) is 13.7 Å². The largest absolute Gasteiger partial charge is 0.306 e. The molecule has 0 aliphatic carbocycles. The number of rotatable bonds is 5. The van der Waals surface area contributed by atoms with Gasteiger partial charge in [-0.3, -0.25) is 0 Å². The van der Waals surface area contributed by atoms with E-state index >= 15 is 0 Å². The number of allylic oxidation sites excluding steroid dienone is 1. The third-order valence-corrected chi connectivity index (χ3v) is 10.3. The summed E-state index contributed by atoms with van der Waals surface area (Å²) in [5, 5.41) is 28.1. The van der Waals surface area contributed by atoms with Gasteiger partial charge >= 0.3 is 0 Å². The first-order chi connectivity index (χ1) is 25.1. The lowest BCUT2D eigenvalue weighted by molar-refractivity contribution is 1.03. The second-order valence-corrected chi connectivity index (χ2v) is 12.8. The maximum absolute atomic E-state index is 11.5. The quantitative estimate of drug-likeness (QED) is 0.182. The molecule has 9 rings (SSSR count). The van der Waals surface area contributed by atoms with E-state index in [1.807, 2.05) is 109 Å². The van der Waals surface area contributed by atoms with Crippen LogP contribution >= 0.6 is 11.6 Å². The van der Waals surface area contributed by atoms with E-state index in [2.05, 4.69) is 70.3 Å². The third-order valence-electron chi connectivity index (χ3n) is 9.90. The van der Waals surface area contributed by atoms with Gasteiger partial charge in [0.15, 0.2) is 0 Å². The molecule has 0 fully saturated rings. The average Bonchev–Trinajstić information content (AvgIpc) is 3.80.